The Labute approximate surface area is 251 Å². The third-order valence-electron chi connectivity index (χ3n) is 6.03. The molecule has 0 aliphatic rings. The lowest BCUT2D eigenvalue weighted by molar-refractivity contribution is -0.177. The number of hydrogen-bond acceptors (Lipinski definition) is 8. The van der Waals surface area contributed by atoms with Crippen LogP contribution in [0.5, 0.6) is 0 Å². The minimum absolute atomic E-state index is 0.0443. The maximum Gasteiger partial charge on any atom is 0.471 e. The lowest BCUT2D eigenvalue weighted by atomic mass is 10.1. The van der Waals surface area contributed by atoms with E-state index in [1.165, 1.54) is 12.2 Å². The number of ether oxygens (including phenoxy) is 4. The first-order valence-corrected chi connectivity index (χ1v) is 13.4. The van der Waals surface area contributed by atoms with Crippen molar-refractivity contribution in [2.45, 2.75) is 51.1 Å². The van der Waals surface area contributed by atoms with Crippen LogP contribution < -0.4 is 10.6 Å². The predicted molar refractivity (Wildman–Crippen MR) is 149 cm³/mol. The summed E-state index contributed by atoms with van der Waals surface area (Å²) in [4.78, 5) is 50.0. The first-order valence-electron chi connectivity index (χ1n) is 13.4. The molecular formula is C31H31F3N2O8. The Balaban J connectivity index is 1.69. The Bertz CT molecular complexity index is 1360. The second-order valence-electron chi connectivity index (χ2n) is 9.43. The Hall–Kier alpha value is -4.91. The fourth-order valence-corrected chi connectivity index (χ4v) is 3.65. The monoisotopic (exact) mass is 616 g/mol. The summed E-state index contributed by atoms with van der Waals surface area (Å²) in [5.74, 6) is -4.88. The molecule has 44 heavy (non-hydrogen) atoms. The van der Waals surface area contributed by atoms with Crippen molar-refractivity contribution in [3.8, 4) is 0 Å². The van der Waals surface area contributed by atoms with Gasteiger partial charge >= 0.3 is 30.1 Å². The van der Waals surface area contributed by atoms with Gasteiger partial charge in [0.05, 0.1) is 12.7 Å². The Kier molecular flexibility index (Phi) is 12.7. The van der Waals surface area contributed by atoms with Crippen molar-refractivity contribution in [1.82, 2.24) is 10.6 Å². The lowest BCUT2D eigenvalue weighted by Crippen LogP contribution is -2.53. The summed E-state index contributed by atoms with van der Waals surface area (Å²) in [6.45, 7) is 0.0449. The average molecular weight is 617 g/mol. The second-order valence-corrected chi connectivity index (χ2v) is 9.43. The summed E-state index contributed by atoms with van der Waals surface area (Å²) < 4.78 is 60.0. The molecule has 0 aromatic heterocycles. The van der Waals surface area contributed by atoms with Crippen LogP contribution >= 0.6 is 0 Å². The molecule has 0 fully saturated rings. The van der Waals surface area contributed by atoms with Crippen molar-refractivity contribution in [3.63, 3.8) is 0 Å². The zero-order valence-electron chi connectivity index (χ0n) is 23.6. The number of alkyl carbamates (subject to hydrolysis) is 1. The SMILES string of the molecule is CC(OCc1ccccc1)[C@H](NC(=O)OCc1ccccc1)C(=O)OC[C@H](NC(=O)C(F)(F)F)C(=O)OCc1ccccc1. The number of alkyl halides is 3. The summed E-state index contributed by atoms with van der Waals surface area (Å²) in [5.41, 5.74) is 1.96. The largest absolute Gasteiger partial charge is 0.471 e. The minimum Gasteiger partial charge on any atom is -0.461 e. The van der Waals surface area contributed by atoms with Gasteiger partial charge < -0.3 is 29.6 Å². The highest BCUT2D eigenvalue weighted by Gasteiger charge is 2.42. The van der Waals surface area contributed by atoms with Gasteiger partial charge in [-0.2, -0.15) is 13.2 Å². The zero-order chi connectivity index (χ0) is 32.0. The van der Waals surface area contributed by atoms with Gasteiger partial charge in [0.2, 0.25) is 0 Å². The molecule has 3 aromatic rings. The van der Waals surface area contributed by atoms with Crippen molar-refractivity contribution in [2.75, 3.05) is 6.61 Å². The van der Waals surface area contributed by atoms with Gasteiger partial charge in [-0.3, -0.25) is 4.79 Å². The Morgan fingerprint density at radius 3 is 1.64 bits per heavy atom. The van der Waals surface area contributed by atoms with Gasteiger partial charge in [0, 0.05) is 0 Å². The summed E-state index contributed by atoms with van der Waals surface area (Å²) in [6, 6.07) is 22.3. The van der Waals surface area contributed by atoms with Gasteiger partial charge in [0.15, 0.2) is 12.1 Å². The maximum atomic E-state index is 13.1. The molecule has 3 atom stereocenters. The van der Waals surface area contributed by atoms with Crippen LogP contribution in [0.2, 0.25) is 0 Å². The summed E-state index contributed by atoms with van der Waals surface area (Å²) in [5, 5.41) is 3.83. The van der Waals surface area contributed by atoms with Gasteiger partial charge in [0.1, 0.15) is 19.8 Å². The van der Waals surface area contributed by atoms with Crippen LogP contribution in [0.15, 0.2) is 91.0 Å². The van der Waals surface area contributed by atoms with Crippen molar-refractivity contribution < 1.29 is 51.3 Å². The highest BCUT2D eigenvalue weighted by Crippen LogP contribution is 2.15. The van der Waals surface area contributed by atoms with Crippen molar-refractivity contribution in [2.24, 2.45) is 0 Å². The van der Waals surface area contributed by atoms with Crippen molar-refractivity contribution in [3.05, 3.63) is 108 Å². The third-order valence-corrected chi connectivity index (χ3v) is 6.03. The fraction of sp³-hybridized carbons (Fsp3) is 0.290. The van der Waals surface area contributed by atoms with Crippen molar-refractivity contribution >= 4 is 23.9 Å². The molecule has 3 aromatic carbocycles. The quantitative estimate of drug-likeness (QED) is 0.204. The number of amides is 2. The molecule has 3 rings (SSSR count). The summed E-state index contributed by atoms with van der Waals surface area (Å²) in [7, 11) is 0. The molecule has 2 N–H and O–H groups in total. The standard InChI is InChI=1S/C31H31F3N2O8/c1-21(41-17-22-11-5-2-6-12-22)26(36-30(40)44-19-24-15-9-4-10-16-24)28(38)43-20-25(35-29(39)31(32,33)34)27(37)42-18-23-13-7-3-8-14-23/h2-16,21,25-26H,17-20H2,1H3,(H,35,39)(H,36,40)/t21?,25-,26-/m0/s1. The minimum atomic E-state index is -5.33. The van der Waals surface area contributed by atoms with E-state index in [2.05, 4.69) is 5.32 Å². The van der Waals surface area contributed by atoms with Gasteiger partial charge in [-0.25, -0.2) is 14.4 Å². The molecule has 0 bridgehead atoms. The fourth-order valence-electron chi connectivity index (χ4n) is 3.65. The Morgan fingerprint density at radius 1 is 0.659 bits per heavy atom. The summed E-state index contributed by atoms with van der Waals surface area (Å²) in [6.07, 6.45) is -7.36. The first-order chi connectivity index (χ1) is 21.0. The van der Waals surface area contributed by atoms with E-state index in [-0.39, 0.29) is 19.8 Å². The van der Waals surface area contributed by atoms with Crippen LogP contribution in [-0.4, -0.2) is 54.9 Å². The third kappa shape index (κ3) is 11.4. The molecule has 13 heteroatoms. The van der Waals surface area contributed by atoms with Crippen molar-refractivity contribution in [1.29, 1.82) is 0 Å². The molecule has 234 valence electrons. The van der Waals surface area contributed by atoms with E-state index < -0.39 is 54.9 Å². The number of carbonyl (C=O) groups is 4. The molecule has 0 aliphatic carbocycles. The van der Waals surface area contributed by atoms with Crippen LogP contribution in [0.25, 0.3) is 0 Å². The average Bonchev–Trinajstić information content (AvgIpc) is 3.03. The highest BCUT2D eigenvalue weighted by molar-refractivity contribution is 5.88. The first kappa shape index (κ1) is 33.6. The maximum absolute atomic E-state index is 13.1. The molecule has 10 nitrogen and oxygen atoms in total. The molecule has 0 radical (unpaired) electrons. The van der Waals surface area contributed by atoms with E-state index in [0.717, 1.165) is 5.56 Å². The molecule has 0 aliphatic heterocycles. The van der Waals surface area contributed by atoms with Gasteiger partial charge in [-0.05, 0) is 23.6 Å². The smallest absolute Gasteiger partial charge is 0.461 e. The van der Waals surface area contributed by atoms with Crippen LogP contribution in [-0.2, 0) is 53.2 Å². The number of nitrogens with one attached hydrogen (secondary N) is 2. The van der Waals surface area contributed by atoms with Gasteiger partial charge in [0.25, 0.3) is 0 Å². The van der Waals surface area contributed by atoms with E-state index in [9.17, 15) is 32.3 Å². The normalized spacial score (nSPS) is 13.1. The Morgan fingerprint density at radius 2 is 1.14 bits per heavy atom. The summed E-state index contributed by atoms with van der Waals surface area (Å²) >= 11 is 0. The van der Waals surface area contributed by atoms with E-state index in [1.54, 1.807) is 91.0 Å². The molecule has 0 saturated heterocycles. The van der Waals surface area contributed by atoms with Gasteiger partial charge in [-0.15, -0.1) is 0 Å². The molecule has 0 spiro atoms. The molecule has 0 saturated carbocycles. The van der Waals surface area contributed by atoms with E-state index in [4.69, 9.17) is 18.9 Å². The van der Waals surface area contributed by atoms with Crippen LogP contribution in [0, 0.1) is 0 Å². The number of hydrogen-bond donors (Lipinski definition) is 2. The van der Waals surface area contributed by atoms with Crippen LogP contribution in [0.3, 0.4) is 0 Å². The zero-order valence-corrected chi connectivity index (χ0v) is 23.6. The van der Waals surface area contributed by atoms with Gasteiger partial charge in [-0.1, -0.05) is 91.0 Å². The van der Waals surface area contributed by atoms with E-state index in [0.29, 0.717) is 11.1 Å². The molecular weight excluding hydrogens is 585 g/mol. The highest BCUT2D eigenvalue weighted by atomic mass is 19.4. The molecule has 1 unspecified atom stereocenters. The van der Waals surface area contributed by atoms with Crippen LogP contribution in [0.1, 0.15) is 23.6 Å². The number of esters is 2. The lowest BCUT2D eigenvalue weighted by Gasteiger charge is -2.25. The number of benzene rings is 3. The van der Waals surface area contributed by atoms with E-state index in [1.807, 2.05) is 0 Å². The van der Waals surface area contributed by atoms with E-state index >= 15 is 0 Å². The molecule has 0 heterocycles. The number of halogens is 3. The number of rotatable bonds is 14. The molecule has 2 amide bonds. The topological polar surface area (TPSA) is 129 Å². The number of carbonyl (C=O) groups excluding carboxylic acids is 4. The predicted octanol–water partition coefficient (Wildman–Crippen LogP) is 4.22. The van der Waals surface area contributed by atoms with Crippen LogP contribution in [0.4, 0.5) is 18.0 Å². The second kappa shape index (κ2) is 16.7.